The number of rotatable bonds is 1. The first-order valence-electron chi connectivity index (χ1n) is 7.52. The van der Waals surface area contributed by atoms with E-state index in [4.69, 9.17) is 16.7 Å². The highest BCUT2D eigenvalue weighted by Gasteiger charge is 2.36. The molecule has 0 saturated heterocycles. The third-order valence-electron chi connectivity index (χ3n) is 3.97. The lowest BCUT2D eigenvalue weighted by Gasteiger charge is -2.26. The quantitative estimate of drug-likeness (QED) is 0.331. The number of hydrogen-bond donors (Lipinski definition) is 4. The highest BCUT2D eigenvalue weighted by atomic mass is 19.4. The molecule has 2 heterocycles. The van der Waals surface area contributed by atoms with Crippen molar-refractivity contribution >= 4 is 23.3 Å². The number of nitrogens with one attached hydrogen (secondary N) is 2. The van der Waals surface area contributed by atoms with E-state index in [2.05, 4.69) is 20.6 Å². The van der Waals surface area contributed by atoms with E-state index in [0.717, 1.165) is 6.07 Å². The minimum atomic E-state index is -4.93. The first-order chi connectivity index (χ1) is 13.2. The second-order valence-electron chi connectivity index (χ2n) is 5.64. The Kier molecular flexibility index (Phi) is 4.41. The van der Waals surface area contributed by atoms with Gasteiger partial charge in [-0.15, -0.1) is 0 Å². The van der Waals surface area contributed by atoms with Crippen LogP contribution in [0.15, 0.2) is 23.2 Å². The molecule has 2 aromatic rings. The van der Waals surface area contributed by atoms with Crippen LogP contribution in [0.4, 0.5) is 34.9 Å². The number of guanidine groups is 1. The van der Waals surface area contributed by atoms with Gasteiger partial charge in [0.05, 0.1) is 11.3 Å². The Balaban J connectivity index is 2.27. The molecular weight excluding hydrogens is 380 g/mol. The van der Waals surface area contributed by atoms with E-state index in [9.17, 15) is 22.8 Å². The number of aromatic nitrogens is 1. The highest BCUT2D eigenvalue weighted by Crippen LogP contribution is 2.42. The van der Waals surface area contributed by atoms with Gasteiger partial charge >= 0.3 is 6.18 Å². The van der Waals surface area contributed by atoms with Crippen molar-refractivity contribution in [3.63, 3.8) is 0 Å². The van der Waals surface area contributed by atoms with Crippen LogP contribution in [-0.2, 0) is 6.18 Å². The smallest absolute Gasteiger partial charge is 0.397 e. The molecule has 28 heavy (non-hydrogen) atoms. The number of nitrogens with two attached hydrogens (primary N) is 2. The lowest BCUT2D eigenvalue weighted by Crippen LogP contribution is -2.32. The van der Waals surface area contributed by atoms with Crippen LogP contribution in [0, 0.1) is 28.6 Å². The van der Waals surface area contributed by atoms with E-state index in [1.54, 1.807) is 12.3 Å². The number of nitriles is 2. The number of nitrogens with zero attached hydrogens (tertiary/aromatic N) is 4. The van der Waals surface area contributed by atoms with Crippen molar-refractivity contribution in [1.29, 1.82) is 10.5 Å². The summed E-state index contributed by atoms with van der Waals surface area (Å²) in [6.45, 7) is 0. The Morgan fingerprint density at radius 1 is 1.21 bits per heavy atom. The molecule has 6 N–H and O–H groups in total. The predicted molar refractivity (Wildman–Crippen MR) is 90.8 cm³/mol. The second-order valence-corrected chi connectivity index (χ2v) is 5.64. The summed E-state index contributed by atoms with van der Waals surface area (Å²) in [7, 11) is 0. The van der Waals surface area contributed by atoms with Crippen LogP contribution in [0.25, 0.3) is 0 Å². The van der Waals surface area contributed by atoms with Gasteiger partial charge in [-0.1, -0.05) is 6.07 Å². The number of hydrogen-bond acceptors (Lipinski definition) is 8. The zero-order chi connectivity index (χ0) is 20.6. The van der Waals surface area contributed by atoms with Gasteiger partial charge in [-0.3, -0.25) is 5.32 Å². The Morgan fingerprint density at radius 3 is 2.54 bits per heavy atom. The largest absolute Gasteiger partial charge is 0.419 e. The topological polar surface area (TPSA) is 149 Å². The summed E-state index contributed by atoms with van der Waals surface area (Å²) in [6.07, 6.45) is -3.32. The van der Waals surface area contributed by atoms with Crippen molar-refractivity contribution in [3.8, 4) is 12.3 Å². The van der Waals surface area contributed by atoms with Gasteiger partial charge in [0.1, 0.15) is 35.1 Å². The summed E-state index contributed by atoms with van der Waals surface area (Å²) in [5.74, 6) is -1.79. The van der Waals surface area contributed by atoms with Crippen molar-refractivity contribution in [2.45, 2.75) is 12.2 Å². The number of pyridine rings is 1. The number of benzene rings is 1. The van der Waals surface area contributed by atoms with Gasteiger partial charge in [-0.05, 0) is 17.7 Å². The van der Waals surface area contributed by atoms with E-state index < -0.39 is 23.6 Å². The maximum atomic E-state index is 13.7. The Bertz CT molecular complexity index is 1080. The lowest BCUT2D eigenvalue weighted by molar-refractivity contribution is -0.140. The van der Waals surface area contributed by atoms with Crippen molar-refractivity contribution in [2.75, 3.05) is 16.8 Å². The molecule has 1 aromatic heterocycles. The number of nitrogen functional groups attached to an aromatic ring is 2. The molecule has 0 aliphatic carbocycles. The van der Waals surface area contributed by atoms with Gasteiger partial charge in [-0.25, -0.2) is 14.4 Å². The monoisotopic (exact) mass is 390 g/mol. The zero-order valence-electron chi connectivity index (χ0n) is 13.8. The van der Waals surface area contributed by atoms with Crippen molar-refractivity contribution in [3.05, 3.63) is 46.3 Å². The van der Waals surface area contributed by atoms with E-state index in [1.165, 1.54) is 0 Å². The average molecular weight is 390 g/mol. The van der Waals surface area contributed by atoms with E-state index in [-0.39, 0.29) is 40.0 Å². The second kappa shape index (κ2) is 6.59. The summed E-state index contributed by atoms with van der Waals surface area (Å²) in [5, 5.41) is 22.9. The molecule has 0 amide bonds. The third-order valence-corrected chi connectivity index (χ3v) is 3.97. The predicted octanol–water partition coefficient (Wildman–Crippen LogP) is 2.22. The molecule has 1 unspecified atom stereocenters. The lowest BCUT2D eigenvalue weighted by atomic mass is 9.94. The summed E-state index contributed by atoms with van der Waals surface area (Å²) in [4.78, 5) is 8.09. The molecule has 1 atom stereocenters. The number of anilines is 3. The van der Waals surface area contributed by atoms with Crippen LogP contribution in [0.3, 0.4) is 0 Å². The van der Waals surface area contributed by atoms with Crippen molar-refractivity contribution in [1.82, 2.24) is 10.3 Å². The number of fused-ring (bicyclic) bond motifs is 1. The van der Waals surface area contributed by atoms with E-state index in [1.807, 2.05) is 0 Å². The van der Waals surface area contributed by atoms with Crippen molar-refractivity contribution < 1.29 is 17.6 Å². The van der Waals surface area contributed by atoms with Crippen LogP contribution in [-0.4, -0.2) is 10.9 Å². The highest BCUT2D eigenvalue weighted by molar-refractivity contribution is 5.98. The van der Waals surface area contributed by atoms with Crippen LogP contribution >= 0.6 is 0 Å². The Hall–Kier alpha value is -4.06. The first-order valence-corrected chi connectivity index (χ1v) is 7.52. The first kappa shape index (κ1) is 18.7. The fourth-order valence-corrected chi connectivity index (χ4v) is 2.75. The van der Waals surface area contributed by atoms with Crippen molar-refractivity contribution in [2.24, 2.45) is 4.99 Å². The molecule has 1 aliphatic heterocycles. The fourth-order valence-electron chi connectivity index (χ4n) is 2.75. The molecule has 1 aliphatic rings. The third kappa shape index (κ3) is 3.07. The fraction of sp³-hybridized carbons (Fsp3) is 0.125. The standard InChI is InChI=1S/C16H10F4N8/c17-9-2-1-6(3-8(9)16(18,19)20)12-10-11(23)7(4-21)13(24)27-14(10)28-15(26-12)25-5-22/h1-3,12H,(H6,23,24,25,26,27,28). The SMILES string of the molecule is N#CNC1=NC(c2ccc(F)c(C(F)(F)F)c2)c2c(nc(N)c(C#N)c2N)N1. The molecule has 12 heteroatoms. The maximum Gasteiger partial charge on any atom is 0.419 e. The normalized spacial score (nSPS) is 15.5. The number of alkyl halides is 3. The van der Waals surface area contributed by atoms with Gasteiger partial charge in [0.2, 0.25) is 5.96 Å². The molecule has 0 bridgehead atoms. The van der Waals surface area contributed by atoms with Gasteiger partial charge in [0, 0.05) is 5.56 Å². The molecule has 0 spiro atoms. The summed E-state index contributed by atoms with van der Waals surface area (Å²) < 4.78 is 53.0. The summed E-state index contributed by atoms with van der Waals surface area (Å²) in [5.41, 5.74) is 9.87. The van der Waals surface area contributed by atoms with Crippen LogP contribution in [0.2, 0.25) is 0 Å². The molecule has 8 nitrogen and oxygen atoms in total. The maximum absolute atomic E-state index is 13.7. The van der Waals surface area contributed by atoms with E-state index in [0.29, 0.717) is 12.1 Å². The minimum absolute atomic E-state index is 0.00429. The zero-order valence-corrected chi connectivity index (χ0v) is 13.8. The molecule has 0 saturated carbocycles. The van der Waals surface area contributed by atoms with Gasteiger partial charge in [-0.2, -0.15) is 23.7 Å². The Labute approximate surface area is 155 Å². The van der Waals surface area contributed by atoms with E-state index >= 15 is 0 Å². The minimum Gasteiger partial charge on any atom is -0.397 e. The van der Waals surface area contributed by atoms with Gasteiger partial charge in [0.15, 0.2) is 6.19 Å². The molecule has 0 radical (unpaired) electrons. The molecule has 0 fully saturated rings. The average Bonchev–Trinajstić information content (AvgIpc) is 2.61. The van der Waals surface area contributed by atoms with Crippen LogP contribution < -0.4 is 22.1 Å². The molecular formula is C16H10F4N8. The van der Waals surface area contributed by atoms with Gasteiger partial charge < -0.3 is 16.8 Å². The number of halogens is 4. The van der Waals surface area contributed by atoms with Crippen LogP contribution in [0.5, 0.6) is 0 Å². The molecule has 1 aromatic carbocycles. The molecule has 3 rings (SSSR count). The summed E-state index contributed by atoms with van der Waals surface area (Å²) in [6, 6.07) is 2.91. The molecule has 142 valence electrons. The number of aliphatic imine (C=N–C) groups is 1. The van der Waals surface area contributed by atoms with Crippen LogP contribution in [0.1, 0.15) is 28.3 Å². The van der Waals surface area contributed by atoms with Gasteiger partial charge in [0.25, 0.3) is 0 Å². The summed E-state index contributed by atoms with van der Waals surface area (Å²) >= 11 is 0. The Morgan fingerprint density at radius 2 is 1.93 bits per heavy atom.